The van der Waals surface area contributed by atoms with Crippen LogP contribution in [0.1, 0.15) is 64.0 Å². The number of benzene rings is 1. The van der Waals surface area contributed by atoms with Crippen molar-refractivity contribution in [2.24, 2.45) is 11.7 Å². The van der Waals surface area contributed by atoms with Gasteiger partial charge in [0.2, 0.25) is 0 Å². The van der Waals surface area contributed by atoms with E-state index >= 15 is 0 Å². The molecule has 2 atom stereocenters. The summed E-state index contributed by atoms with van der Waals surface area (Å²) >= 11 is 0. The highest BCUT2D eigenvalue weighted by molar-refractivity contribution is 5.95. The maximum Gasteiger partial charge on any atom is 0.338 e. The van der Waals surface area contributed by atoms with Crippen LogP contribution >= 0.6 is 0 Å². The molecule has 1 aliphatic heterocycles. The number of carbonyl (C=O) groups excluding carboxylic acids is 3. The average Bonchev–Trinajstić information content (AvgIpc) is 2.78. The molecule has 4 N–H and O–H groups in total. The normalized spacial score (nSPS) is 20.5. The molecule has 0 bridgehead atoms. The van der Waals surface area contributed by atoms with Crippen LogP contribution in [-0.4, -0.2) is 30.6 Å². The van der Waals surface area contributed by atoms with Gasteiger partial charge in [-0.05, 0) is 49.8 Å². The van der Waals surface area contributed by atoms with Crippen LogP contribution < -0.4 is 21.1 Å². The van der Waals surface area contributed by atoms with E-state index in [1.807, 2.05) is 6.92 Å². The molecular weight excluding hydrogens is 398 g/mol. The molecule has 0 radical (unpaired) electrons. The van der Waals surface area contributed by atoms with Gasteiger partial charge in [0.1, 0.15) is 11.8 Å². The van der Waals surface area contributed by atoms with Gasteiger partial charge in [-0.1, -0.05) is 38.3 Å². The molecule has 3 rings (SSSR count). The smallest absolute Gasteiger partial charge is 0.338 e. The first kappa shape index (κ1) is 22.8. The van der Waals surface area contributed by atoms with E-state index in [1.165, 1.54) is 19.3 Å². The van der Waals surface area contributed by atoms with Gasteiger partial charge >= 0.3 is 18.0 Å². The van der Waals surface area contributed by atoms with Gasteiger partial charge in [0, 0.05) is 5.70 Å². The fourth-order valence-corrected chi connectivity index (χ4v) is 3.95. The predicted molar refractivity (Wildman–Crippen MR) is 115 cm³/mol. The zero-order valence-corrected chi connectivity index (χ0v) is 18.1. The Hall–Kier alpha value is -2.87. The second-order valence-electron chi connectivity index (χ2n) is 8.16. The molecule has 0 spiro atoms. The summed E-state index contributed by atoms with van der Waals surface area (Å²) in [6.45, 7) is 3.82. The summed E-state index contributed by atoms with van der Waals surface area (Å²) in [4.78, 5) is 36.9. The van der Waals surface area contributed by atoms with E-state index in [1.54, 1.807) is 31.2 Å². The van der Waals surface area contributed by atoms with E-state index in [0.717, 1.165) is 12.8 Å². The largest absolute Gasteiger partial charge is 0.462 e. The molecule has 1 saturated carbocycles. The van der Waals surface area contributed by atoms with Crippen molar-refractivity contribution >= 4 is 18.0 Å². The highest BCUT2D eigenvalue weighted by Crippen LogP contribution is 2.31. The summed E-state index contributed by atoms with van der Waals surface area (Å²) in [6.07, 6.45) is 6.22. The third kappa shape index (κ3) is 5.85. The number of carbonyl (C=O) groups is 3. The van der Waals surface area contributed by atoms with Gasteiger partial charge in [-0.3, -0.25) is 0 Å². The molecule has 1 aliphatic carbocycles. The lowest BCUT2D eigenvalue weighted by Crippen LogP contribution is -2.46. The number of rotatable bonds is 7. The Morgan fingerprint density at radius 1 is 1.16 bits per heavy atom. The minimum atomic E-state index is -0.732. The van der Waals surface area contributed by atoms with Crippen LogP contribution in [0.25, 0.3) is 0 Å². The SMILES string of the molecule is CCC1=C(C(=O)OCC2CCCCC2)C(c2ccc(OC(=O)[C@H](C)N)cc2)NC(=O)N1. The van der Waals surface area contributed by atoms with Gasteiger partial charge in [-0.2, -0.15) is 0 Å². The lowest BCUT2D eigenvalue weighted by atomic mass is 9.90. The van der Waals surface area contributed by atoms with Crippen molar-refractivity contribution in [3.8, 4) is 5.75 Å². The summed E-state index contributed by atoms with van der Waals surface area (Å²) in [5.74, 6) is -0.227. The van der Waals surface area contributed by atoms with E-state index in [2.05, 4.69) is 10.6 Å². The molecule has 168 valence electrons. The van der Waals surface area contributed by atoms with E-state index < -0.39 is 24.0 Å². The molecule has 1 heterocycles. The lowest BCUT2D eigenvalue weighted by molar-refractivity contribution is -0.141. The molecule has 31 heavy (non-hydrogen) atoms. The third-order valence-electron chi connectivity index (χ3n) is 5.71. The Morgan fingerprint density at radius 2 is 1.84 bits per heavy atom. The molecule has 8 nitrogen and oxygen atoms in total. The van der Waals surface area contributed by atoms with Crippen LogP contribution in [0.3, 0.4) is 0 Å². The monoisotopic (exact) mass is 429 g/mol. The third-order valence-corrected chi connectivity index (χ3v) is 5.71. The number of urea groups is 1. The molecule has 8 heteroatoms. The van der Waals surface area contributed by atoms with Crippen LogP contribution in [0.5, 0.6) is 5.75 Å². The summed E-state index contributed by atoms with van der Waals surface area (Å²) in [7, 11) is 0. The van der Waals surface area contributed by atoms with Crippen molar-refractivity contribution in [3.63, 3.8) is 0 Å². The van der Waals surface area contributed by atoms with Gasteiger partial charge in [0.05, 0.1) is 18.2 Å². The van der Waals surface area contributed by atoms with Gasteiger partial charge < -0.3 is 25.8 Å². The fourth-order valence-electron chi connectivity index (χ4n) is 3.95. The average molecular weight is 430 g/mol. The molecule has 1 unspecified atom stereocenters. The van der Waals surface area contributed by atoms with Gasteiger partial charge in [-0.15, -0.1) is 0 Å². The number of nitrogens with one attached hydrogen (secondary N) is 2. The van der Waals surface area contributed by atoms with Crippen LogP contribution in [-0.2, 0) is 14.3 Å². The summed E-state index contributed by atoms with van der Waals surface area (Å²) < 4.78 is 10.9. The Kier molecular flexibility index (Phi) is 7.68. The number of allylic oxidation sites excluding steroid dienone is 1. The zero-order valence-electron chi connectivity index (χ0n) is 18.1. The van der Waals surface area contributed by atoms with Crippen LogP contribution in [0, 0.1) is 5.92 Å². The molecular formula is C23H31N3O5. The van der Waals surface area contributed by atoms with Crippen molar-refractivity contribution in [1.29, 1.82) is 0 Å². The van der Waals surface area contributed by atoms with Crippen LogP contribution in [0.15, 0.2) is 35.5 Å². The standard InChI is InChI=1S/C23H31N3O5/c1-3-18-19(22(28)30-13-15-7-5-4-6-8-15)20(26-23(29)25-18)16-9-11-17(12-10-16)31-21(27)14(2)24/h9-12,14-15,20H,3-8,13,24H2,1-2H3,(H2,25,26,29)/t14-,20?/m0/s1. The molecule has 1 fully saturated rings. The van der Waals surface area contributed by atoms with Crippen molar-refractivity contribution in [2.45, 2.75) is 64.5 Å². The molecule has 1 aromatic rings. The molecule has 0 aromatic heterocycles. The summed E-state index contributed by atoms with van der Waals surface area (Å²) in [5, 5.41) is 5.54. The predicted octanol–water partition coefficient (Wildman–Crippen LogP) is 3.08. The van der Waals surface area contributed by atoms with Crippen molar-refractivity contribution in [1.82, 2.24) is 10.6 Å². The minimum Gasteiger partial charge on any atom is -0.462 e. The first-order valence-electron chi connectivity index (χ1n) is 10.9. The molecule has 0 saturated heterocycles. The Labute approximate surface area is 182 Å². The summed E-state index contributed by atoms with van der Waals surface area (Å²) in [5.41, 5.74) is 7.16. The van der Waals surface area contributed by atoms with E-state index in [0.29, 0.717) is 41.5 Å². The van der Waals surface area contributed by atoms with Gasteiger partial charge in [-0.25, -0.2) is 14.4 Å². The first-order valence-corrected chi connectivity index (χ1v) is 10.9. The Morgan fingerprint density at radius 3 is 2.45 bits per heavy atom. The zero-order chi connectivity index (χ0) is 22.4. The quantitative estimate of drug-likeness (QED) is 0.453. The lowest BCUT2D eigenvalue weighted by Gasteiger charge is -2.30. The number of hydrogen-bond acceptors (Lipinski definition) is 6. The number of hydrogen-bond donors (Lipinski definition) is 3. The topological polar surface area (TPSA) is 120 Å². The van der Waals surface area contributed by atoms with Crippen LogP contribution in [0.4, 0.5) is 4.79 Å². The molecule has 1 aromatic carbocycles. The minimum absolute atomic E-state index is 0.340. The fraction of sp³-hybridized carbons (Fsp3) is 0.522. The Balaban J connectivity index is 1.78. The molecule has 2 amide bonds. The summed E-state index contributed by atoms with van der Waals surface area (Å²) in [6, 6.07) is 4.88. The van der Waals surface area contributed by atoms with Crippen molar-refractivity contribution in [2.75, 3.05) is 6.61 Å². The number of ether oxygens (including phenoxy) is 2. The van der Waals surface area contributed by atoms with E-state index in [9.17, 15) is 14.4 Å². The van der Waals surface area contributed by atoms with Gasteiger partial charge in [0.15, 0.2) is 0 Å². The second kappa shape index (κ2) is 10.4. The first-order chi connectivity index (χ1) is 14.9. The van der Waals surface area contributed by atoms with E-state index in [4.69, 9.17) is 15.2 Å². The van der Waals surface area contributed by atoms with Crippen molar-refractivity contribution < 1.29 is 23.9 Å². The number of amides is 2. The highest BCUT2D eigenvalue weighted by atomic mass is 16.5. The van der Waals surface area contributed by atoms with Gasteiger partial charge in [0.25, 0.3) is 0 Å². The van der Waals surface area contributed by atoms with Crippen molar-refractivity contribution in [3.05, 3.63) is 41.1 Å². The molecule has 2 aliphatic rings. The second-order valence-corrected chi connectivity index (χ2v) is 8.16. The highest BCUT2D eigenvalue weighted by Gasteiger charge is 2.33. The number of nitrogens with two attached hydrogens (primary N) is 1. The number of esters is 2. The Bertz CT molecular complexity index is 841. The van der Waals surface area contributed by atoms with E-state index in [-0.39, 0.29) is 6.03 Å². The maximum atomic E-state index is 13.0. The maximum absolute atomic E-state index is 13.0. The van der Waals surface area contributed by atoms with Crippen LogP contribution in [0.2, 0.25) is 0 Å².